The Morgan fingerprint density at radius 3 is 2.15 bits per heavy atom. The Morgan fingerprint density at radius 1 is 0.950 bits per heavy atom. The maximum absolute atomic E-state index is 14.7. The molecule has 0 bridgehead atoms. The molecule has 214 valence electrons. The van der Waals surface area contributed by atoms with Crippen LogP contribution in [-0.4, -0.2) is 50.4 Å². The van der Waals surface area contributed by atoms with Gasteiger partial charge in [-0.2, -0.15) is 0 Å². The van der Waals surface area contributed by atoms with E-state index in [4.69, 9.17) is 20.0 Å². The van der Waals surface area contributed by atoms with Gasteiger partial charge >= 0.3 is 18.1 Å². The summed E-state index contributed by atoms with van der Waals surface area (Å²) in [5, 5.41) is 0.0296. The van der Waals surface area contributed by atoms with Crippen molar-refractivity contribution in [3.63, 3.8) is 0 Å². The summed E-state index contributed by atoms with van der Waals surface area (Å²) in [5.74, 6) is -2.55. The van der Waals surface area contributed by atoms with Crippen molar-refractivity contribution in [1.82, 2.24) is 10.4 Å². The van der Waals surface area contributed by atoms with Gasteiger partial charge in [0, 0.05) is 35.3 Å². The van der Waals surface area contributed by atoms with Crippen LogP contribution >= 0.6 is 11.3 Å². The van der Waals surface area contributed by atoms with Crippen molar-refractivity contribution in [1.29, 1.82) is 0 Å². The number of carbonyl (C=O) groups is 3. The van der Waals surface area contributed by atoms with Crippen molar-refractivity contribution in [2.45, 2.75) is 26.9 Å². The summed E-state index contributed by atoms with van der Waals surface area (Å²) in [6.07, 6.45) is -0.933. The number of esters is 1. The molecule has 3 aromatic rings. The Labute approximate surface area is 234 Å². The number of hydroxylamine groups is 1. The lowest BCUT2D eigenvalue weighted by atomic mass is 10.0. The summed E-state index contributed by atoms with van der Waals surface area (Å²) in [4.78, 5) is 46.6. The van der Waals surface area contributed by atoms with Crippen molar-refractivity contribution >= 4 is 40.1 Å². The third-order valence-electron chi connectivity index (χ3n) is 5.68. The lowest BCUT2D eigenvalue weighted by molar-refractivity contribution is 0.0525. The average molecular weight is 577 g/mol. The highest BCUT2D eigenvalue weighted by molar-refractivity contribution is 7.20. The molecule has 0 aliphatic carbocycles. The van der Waals surface area contributed by atoms with Crippen molar-refractivity contribution in [3.8, 4) is 10.4 Å². The number of urea groups is 1. The highest BCUT2D eigenvalue weighted by atomic mass is 32.1. The summed E-state index contributed by atoms with van der Waals surface area (Å²) in [6.45, 7) is 2.46. The summed E-state index contributed by atoms with van der Waals surface area (Å²) in [6, 6.07) is 9.46. The van der Waals surface area contributed by atoms with Gasteiger partial charge in [0.25, 0.3) is 0 Å². The van der Waals surface area contributed by atoms with Gasteiger partial charge in [0.15, 0.2) is 0 Å². The van der Waals surface area contributed by atoms with Gasteiger partial charge in [-0.15, -0.1) is 11.3 Å². The van der Waals surface area contributed by atoms with Crippen LogP contribution in [0.5, 0.6) is 0 Å². The van der Waals surface area contributed by atoms with E-state index in [1.807, 2.05) is 0 Å². The van der Waals surface area contributed by atoms with Crippen molar-refractivity contribution in [2.24, 2.45) is 0 Å². The van der Waals surface area contributed by atoms with Gasteiger partial charge in [0.2, 0.25) is 0 Å². The molecule has 0 saturated heterocycles. The van der Waals surface area contributed by atoms with Crippen LogP contribution in [0.1, 0.15) is 35.3 Å². The van der Waals surface area contributed by atoms with Crippen molar-refractivity contribution < 1.29 is 37.5 Å². The summed E-state index contributed by atoms with van der Waals surface area (Å²) >= 11 is 1.01. The van der Waals surface area contributed by atoms with Crippen LogP contribution in [0.3, 0.4) is 0 Å². The van der Waals surface area contributed by atoms with Crippen molar-refractivity contribution in [2.75, 3.05) is 38.0 Å². The third-order valence-corrected chi connectivity index (χ3v) is 6.99. The van der Waals surface area contributed by atoms with Gasteiger partial charge in [-0.3, -0.25) is 9.74 Å². The Kier molecular flexibility index (Phi) is 10.4. The third kappa shape index (κ3) is 6.85. The normalized spacial score (nSPS) is 10.7. The van der Waals surface area contributed by atoms with Crippen LogP contribution in [0, 0.1) is 11.6 Å². The van der Waals surface area contributed by atoms with Crippen molar-refractivity contribution in [3.05, 3.63) is 70.8 Å². The number of nitrogens with zero attached hydrogens (tertiary/aromatic N) is 2. The molecule has 0 fully saturated rings. The maximum Gasteiger partial charge on any atom is 0.415 e. The number of carbonyl (C=O) groups excluding carboxylic acids is 3. The summed E-state index contributed by atoms with van der Waals surface area (Å²) in [5.41, 5.74) is 9.07. The number of hydrogen-bond acceptors (Lipinski definition) is 8. The number of thiophene rings is 1. The molecule has 0 spiro atoms. The molecule has 10 nitrogen and oxygen atoms in total. The highest BCUT2D eigenvalue weighted by Crippen LogP contribution is 2.44. The first kappa shape index (κ1) is 30.3. The molecule has 0 aliphatic rings. The van der Waals surface area contributed by atoms with E-state index in [1.165, 1.54) is 25.1 Å². The van der Waals surface area contributed by atoms with Gasteiger partial charge in [0.1, 0.15) is 22.2 Å². The molecule has 0 unspecified atom stereocenters. The molecule has 0 saturated carbocycles. The van der Waals surface area contributed by atoms with Crippen LogP contribution in [0.15, 0.2) is 42.5 Å². The Balaban J connectivity index is 2.31. The molecular weight excluding hydrogens is 546 g/mol. The fourth-order valence-electron chi connectivity index (χ4n) is 3.81. The molecule has 13 heteroatoms. The molecule has 0 aliphatic heterocycles. The number of benzene rings is 2. The maximum atomic E-state index is 14.7. The first-order valence-corrected chi connectivity index (χ1v) is 13.0. The minimum Gasteiger partial charge on any atom is -0.462 e. The molecule has 3 amide bonds. The number of amides is 3. The second kappa shape index (κ2) is 13.7. The van der Waals surface area contributed by atoms with E-state index in [0.29, 0.717) is 21.7 Å². The zero-order valence-corrected chi connectivity index (χ0v) is 23.3. The highest BCUT2D eigenvalue weighted by Gasteiger charge is 2.34. The first-order chi connectivity index (χ1) is 19.1. The van der Waals surface area contributed by atoms with E-state index in [9.17, 15) is 23.2 Å². The van der Waals surface area contributed by atoms with E-state index in [-0.39, 0.29) is 30.3 Å². The average Bonchev–Trinajstić information content (AvgIpc) is 3.28. The van der Waals surface area contributed by atoms with E-state index in [0.717, 1.165) is 28.4 Å². The van der Waals surface area contributed by atoms with Crippen LogP contribution in [-0.2, 0) is 27.4 Å². The SMILES string of the molecule is CCOC(=O)c1c(N(Cc2c(F)cccc2F)C(=O)OCC)sc(-c2ccc(N)cc2)c1CN(C)C(=O)NOC. The first-order valence-electron chi connectivity index (χ1n) is 12.2. The van der Waals surface area contributed by atoms with Crippen LogP contribution in [0.2, 0.25) is 0 Å². The number of nitrogens with two attached hydrogens (primary N) is 1. The minimum absolute atomic E-state index is 0.00606. The molecule has 3 N–H and O–H groups in total. The van der Waals surface area contributed by atoms with E-state index in [1.54, 1.807) is 38.1 Å². The van der Waals surface area contributed by atoms with Crippen LogP contribution < -0.4 is 16.1 Å². The predicted molar refractivity (Wildman–Crippen MR) is 147 cm³/mol. The Bertz CT molecular complexity index is 1350. The van der Waals surface area contributed by atoms with Crippen LogP contribution in [0.4, 0.5) is 29.1 Å². The largest absolute Gasteiger partial charge is 0.462 e. The molecule has 0 atom stereocenters. The van der Waals surface area contributed by atoms with E-state index < -0.39 is 41.8 Å². The second-order valence-electron chi connectivity index (χ2n) is 8.39. The zero-order chi connectivity index (χ0) is 29.4. The number of halogens is 2. The number of ether oxygens (including phenoxy) is 2. The topological polar surface area (TPSA) is 123 Å². The van der Waals surface area contributed by atoms with E-state index in [2.05, 4.69) is 5.48 Å². The monoisotopic (exact) mass is 576 g/mol. The lowest BCUT2D eigenvalue weighted by Gasteiger charge is -2.23. The fraction of sp³-hybridized carbons (Fsp3) is 0.296. The second-order valence-corrected chi connectivity index (χ2v) is 9.38. The molecule has 2 aromatic carbocycles. The number of rotatable bonds is 10. The lowest BCUT2D eigenvalue weighted by Crippen LogP contribution is -2.36. The molecule has 40 heavy (non-hydrogen) atoms. The number of nitrogen functional groups attached to an aromatic ring is 1. The van der Waals surface area contributed by atoms with Gasteiger partial charge in [-0.25, -0.2) is 28.6 Å². The zero-order valence-electron chi connectivity index (χ0n) is 22.5. The molecular formula is C27H30F2N4O6S. The van der Waals surface area contributed by atoms with Gasteiger partial charge in [-0.05, 0) is 43.7 Å². The van der Waals surface area contributed by atoms with Crippen LogP contribution in [0.25, 0.3) is 10.4 Å². The predicted octanol–water partition coefficient (Wildman–Crippen LogP) is 5.32. The summed E-state index contributed by atoms with van der Waals surface area (Å²) in [7, 11) is 2.75. The van der Waals surface area contributed by atoms with Gasteiger partial charge in [-0.1, -0.05) is 18.2 Å². The Morgan fingerprint density at radius 2 is 1.57 bits per heavy atom. The Hall–Kier alpha value is -4.23. The molecule has 3 rings (SSSR count). The molecule has 1 heterocycles. The number of anilines is 2. The molecule has 0 radical (unpaired) electrons. The molecule has 1 aromatic heterocycles. The summed E-state index contributed by atoms with van der Waals surface area (Å²) < 4.78 is 39.9. The number of hydrogen-bond donors (Lipinski definition) is 2. The standard InChI is InChI=1S/C27H30F2N4O6S/c1-5-38-25(34)22-19(14-32(3)26(35)31-37-4)23(16-10-12-17(30)13-11-16)40-24(22)33(27(36)39-6-2)15-18-20(28)8-7-9-21(18)29/h7-13H,5-6,14-15,30H2,1-4H3,(H,31,35). The smallest absolute Gasteiger partial charge is 0.415 e. The van der Waals surface area contributed by atoms with Gasteiger partial charge < -0.3 is 20.1 Å². The quantitative estimate of drug-likeness (QED) is 0.190. The fourth-order valence-corrected chi connectivity index (χ4v) is 5.11. The minimum atomic E-state index is -0.933. The van der Waals surface area contributed by atoms with E-state index >= 15 is 0 Å². The number of nitrogens with one attached hydrogen (secondary N) is 1. The van der Waals surface area contributed by atoms with Gasteiger partial charge in [0.05, 0.1) is 26.9 Å².